The molecule has 2 unspecified atom stereocenters. The van der Waals surface area contributed by atoms with Gasteiger partial charge >= 0.3 is 0 Å². The van der Waals surface area contributed by atoms with Crippen molar-refractivity contribution in [3.8, 4) is 5.75 Å². The van der Waals surface area contributed by atoms with Crippen LogP contribution >= 0.6 is 0 Å². The van der Waals surface area contributed by atoms with Crippen molar-refractivity contribution in [1.29, 1.82) is 0 Å². The van der Waals surface area contributed by atoms with Gasteiger partial charge in [0.25, 0.3) is 5.91 Å². The van der Waals surface area contributed by atoms with Crippen molar-refractivity contribution in [2.24, 2.45) is 0 Å². The summed E-state index contributed by atoms with van der Waals surface area (Å²) in [5.41, 5.74) is 1.85. The van der Waals surface area contributed by atoms with Gasteiger partial charge in [0.15, 0.2) is 0 Å². The van der Waals surface area contributed by atoms with Crippen molar-refractivity contribution in [3.63, 3.8) is 0 Å². The summed E-state index contributed by atoms with van der Waals surface area (Å²) in [6.45, 7) is 2.25. The Balaban J connectivity index is 1.60. The molecule has 26 heavy (non-hydrogen) atoms. The standard InChI is InChI=1S/C21H26N2O3/c24-18-11-9-17(10-12-18)21(25)23-19(20-15-22-13-14-26-20)8-4-7-16-5-2-1-3-6-16/h1-3,5-6,9-12,19-20,22,24H,4,7-8,13-15H2,(H,23,25). The minimum absolute atomic E-state index is 0.0272. The molecular formula is C21H26N2O3. The van der Waals surface area contributed by atoms with E-state index in [4.69, 9.17) is 4.74 Å². The van der Waals surface area contributed by atoms with E-state index >= 15 is 0 Å². The maximum atomic E-state index is 12.6. The molecule has 0 aliphatic carbocycles. The Labute approximate surface area is 154 Å². The predicted octanol–water partition coefficient (Wildman–Crippen LogP) is 2.50. The number of aromatic hydroxyl groups is 1. The molecule has 138 valence electrons. The van der Waals surface area contributed by atoms with Crippen LogP contribution < -0.4 is 10.6 Å². The number of carbonyl (C=O) groups is 1. The lowest BCUT2D eigenvalue weighted by atomic mass is 9.99. The maximum Gasteiger partial charge on any atom is 0.251 e. The molecule has 0 spiro atoms. The molecule has 2 aromatic rings. The first-order chi connectivity index (χ1) is 12.7. The van der Waals surface area contributed by atoms with Gasteiger partial charge in [-0.05, 0) is 49.1 Å². The van der Waals surface area contributed by atoms with Crippen LogP contribution in [-0.4, -0.2) is 42.9 Å². The second-order valence-electron chi connectivity index (χ2n) is 6.62. The van der Waals surface area contributed by atoms with Gasteiger partial charge in [-0.2, -0.15) is 0 Å². The van der Waals surface area contributed by atoms with Gasteiger partial charge in [0.1, 0.15) is 5.75 Å². The Morgan fingerprint density at radius 2 is 1.96 bits per heavy atom. The summed E-state index contributed by atoms with van der Waals surface area (Å²) in [5.74, 6) is 0.0182. The molecule has 1 saturated heterocycles. The summed E-state index contributed by atoms with van der Waals surface area (Å²) < 4.78 is 5.88. The minimum atomic E-state index is -0.135. The molecule has 5 nitrogen and oxygen atoms in total. The van der Waals surface area contributed by atoms with Crippen LogP contribution in [0.3, 0.4) is 0 Å². The smallest absolute Gasteiger partial charge is 0.251 e. The van der Waals surface area contributed by atoms with Crippen LogP contribution in [0.1, 0.15) is 28.8 Å². The Morgan fingerprint density at radius 3 is 2.65 bits per heavy atom. The van der Waals surface area contributed by atoms with Gasteiger partial charge in [0.2, 0.25) is 0 Å². The molecule has 2 aromatic carbocycles. The van der Waals surface area contributed by atoms with E-state index in [1.54, 1.807) is 12.1 Å². The number of hydrogen-bond acceptors (Lipinski definition) is 4. The molecule has 3 N–H and O–H groups in total. The van der Waals surface area contributed by atoms with Crippen LogP contribution in [0.25, 0.3) is 0 Å². The molecule has 0 saturated carbocycles. The van der Waals surface area contributed by atoms with E-state index in [2.05, 4.69) is 22.8 Å². The summed E-state index contributed by atoms with van der Waals surface area (Å²) in [7, 11) is 0. The molecule has 0 bridgehead atoms. The van der Waals surface area contributed by atoms with Crippen molar-refractivity contribution in [2.75, 3.05) is 19.7 Å². The van der Waals surface area contributed by atoms with Crippen molar-refractivity contribution in [2.45, 2.75) is 31.4 Å². The summed E-state index contributed by atoms with van der Waals surface area (Å²) in [4.78, 5) is 12.6. The number of phenols is 1. The average Bonchev–Trinajstić information content (AvgIpc) is 2.69. The Kier molecular flexibility index (Phi) is 6.63. The highest BCUT2D eigenvalue weighted by molar-refractivity contribution is 5.94. The van der Waals surface area contributed by atoms with Crippen molar-refractivity contribution in [1.82, 2.24) is 10.6 Å². The number of ether oxygens (including phenoxy) is 1. The average molecular weight is 354 g/mol. The largest absolute Gasteiger partial charge is 0.508 e. The first-order valence-corrected chi connectivity index (χ1v) is 9.18. The molecule has 1 amide bonds. The molecule has 0 aromatic heterocycles. The fourth-order valence-corrected chi connectivity index (χ4v) is 3.23. The van der Waals surface area contributed by atoms with Crippen molar-refractivity contribution >= 4 is 5.91 Å². The lowest BCUT2D eigenvalue weighted by molar-refractivity contribution is 0.00259. The summed E-state index contributed by atoms with van der Waals surface area (Å²) >= 11 is 0. The van der Waals surface area contributed by atoms with Crippen LogP contribution in [0.5, 0.6) is 5.75 Å². The van der Waals surface area contributed by atoms with Crippen LogP contribution in [-0.2, 0) is 11.2 Å². The second kappa shape index (κ2) is 9.36. The fourth-order valence-electron chi connectivity index (χ4n) is 3.23. The topological polar surface area (TPSA) is 70.6 Å². The van der Waals surface area contributed by atoms with Crippen molar-refractivity contribution < 1.29 is 14.6 Å². The summed E-state index contributed by atoms with van der Waals surface area (Å²) in [6.07, 6.45) is 2.78. The lowest BCUT2D eigenvalue weighted by Gasteiger charge is -2.31. The lowest BCUT2D eigenvalue weighted by Crippen LogP contribution is -2.52. The predicted molar refractivity (Wildman–Crippen MR) is 101 cm³/mol. The SMILES string of the molecule is O=C(NC(CCCc1ccccc1)C1CNCCO1)c1ccc(O)cc1. The molecule has 0 radical (unpaired) electrons. The zero-order valence-electron chi connectivity index (χ0n) is 14.9. The van der Waals surface area contributed by atoms with Crippen LogP contribution in [0.4, 0.5) is 0 Å². The number of phenolic OH excluding ortho intramolecular Hbond substituents is 1. The Hall–Kier alpha value is -2.37. The monoisotopic (exact) mass is 354 g/mol. The summed E-state index contributed by atoms with van der Waals surface area (Å²) in [6, 6.07) is 16.6. The molecule has 2 atom stereocenters. The van der Waals surface area contributed by atoms with Crippen LogP contribution in [0, 0.1) is 0 Å². The van der Waals surface area contributed by atoms with E-state index in [1.165, 1.54) is 17.7 Å². The van der Waals surface area contributed by atoms with E-state index in [1.807, 2.05) is 18.2 Å². The van der Waals surface area contributed by atoms with Gasteiger partial charge in [-0.25, -0.2) is 0 Å². The van der Waals surface area contributed by atoms with E-state index in [-0.39, 0.29) is 23.8 Å². The zero-order valence-corrected chi connectivity index (χ0v) is 14.9. The van der Waals surface area contributed by atoms with Gasteiger partial charge in [0, 0.05) is 18.7 Å². The highest BCUT2D eigenvalue weighted by atomic mass is 16.5. The third-order valence-electron chi connectivity index (χ3n) is 4.67. The first kappa shape index (κ1) is 18.4. The second-order valence-corrected chi connectivity index (χ2v) is 6.62. The molecule has 3 rings (SSSR count). The highest BCUT2D eigenvalue weighted by Crippen LogP contribution is 2.14. The maximum absolute atomic E-state index is 12.6. The first-order valence-electron chi connectivity index (χ1n) is 9.18. The van der Waals surface area contributed by atoms with Gasteiger partial charge in [-0.15, -0.1) is 0 Å². The molecule has 1 aliphatic heterocycles. The van der Waals surface area contributed by atoms with E-state index in [0.717, 1.165) is 32.4 Å². The highest BCUT2D eigenvalue weighted by Gasteiger charge is 2.26. The minimum Gasteiger partial charge on any atom is -0.508 e. The van der Waals surface area contributed by atoms with E-state index in [9.17, 15) is 9.90 Å². The molecule has 1 fully saturated rings. The van der Waals surface area contributed by atoms with Gasteiger partial charge in [-0.1, -0.05) is 30.3 Å². The zero-order chi connectivity index (χ0) is 18.2. The van der Waals surface area contributed by atoms with Crippen LogP contribution in [0.2, 0.25) is 0 Å². The number of carbonyl (C=O) groups excluding carboxylic acids is 1. The number of aryl methyl sites for hydroxylation is 1. The van der Waals surface area contributed by atoms with Crippen LogP contribution in [0.15, 0.2) is 54.6 Å². The van der Waals surface area contributed by atoms with E-state index in [0.29, 0.717) is 12.2 Å². The van der Waals surface area contributed by atoms with E-state index < -0.39 is 0 Å². The quantitative estimate of drug-likeness (QED) is 0.714. The number of hydrogen-bond donors (Lipinski definition) is 3. The normalized spacial score (nSPS) is 18.2. The summed E-state index contributed by atoms with van der Waals surface area (Å²) in [5, 5.41) is 15.8. The molecule has 5 heteroatoms. The van der Waals surface area contributed by atoms with Gasteiger partial charge < -0.3 is 20.5 Å². The van der Waals surface area contributed by atoms with Crippen molar-refractivity contribution in [3.05, 3.63) is 65.7 Å². The number of morpholine rings is 1. The number of benzene rings is 2. The number of nitrogens with one attached hydrogen (secondary N) is 2. The molecule has 1 aliphatic rings. The third-order valence-corrected chi connectivity index (χ3v) is 4.67. The molecular weight excluding hydrogens is 328 g/mol. The molecule has 1 heterocycles. The third kappa shape index (κ3) is 5.31. The Bertz CT molecular complexity index is 682. The Morgan fingerprint density at radius 1 is 1.19 bits per heavy atom. The number of rotatable bonds is 7. The van der Waals surface area contributed by atoms with Gasteiger partial charge in [0.05, 0.1) is 18.8 Å². The fraction of sp³-hybridized carbons (Fsp3) is 0.381. The van der Waals surface area contributed by atoms with Gasteiger partial charge in [-0.3, -0.25) is 4.79 Å². The number of amides is 1.